The van der Waals surface area contributed by atoms with Crippen molar-refractivity contribution in [1.82, 2.24) is 15.5 Å². The minimum absolute atomic E-state index is 0.0149. The second-order valence-corrected chi connectivity index (χ2v) is 10.5. The number of benzene rings is 1. The van der Waals surface area contributed by atoms with E-state index in [0.29, 0.717) is 51.9 Å². The Bertz CT molecular complexity index is 813. The maximum atomic E-state index is 15.1. The van der Waals surface area contributed by atoms with Crippen molar-refractivity contribution < 1.29 is 23.8 Å². The summed E-state index contributed by atoms with van der Waals surface area (Å²) in [7, 11) is 5.14. The van der Waals surface area contributed by atoms with E-state index in [1.807, 2.05) is 20.9 Å². The average Bonchev–Trinajstić information content (AvgIpc) is 2.83. The van der Waals surface area contributed by atoms with Gasteiger partial charge < -0.3 is 30.1 Å². The normalized spacial score (nSPS) is 19.3. The first kappa shape index (κ1) is 29.8. The molecule has 0 radical (unpaired) electrons. The van der Waals surface area contributed by atoms with Crippen molar-refractivity contribution in [3.63, 3.8) is 0 Å². The summed E-state index contributed by atoms with van der Waals surface area (Å²) >= 11 is 6.08. The van der Waals surface area contributed by atoms with Gasteiger partial charge >= 0.3 is 6.03 Å². The summed E-state index contributed by atoms with van der Waals surface area (Å²) in [6.45, 7) is 6.06. The van der Waals surface area contributed by atoms with E-state index in [1.54, 1.807) is 31.3 Å². The molecule has 1 heterocycles. The van der Waals surface area contributed by atoms with E-state index >= 15 is 4.39 Å². The second kappa shape index (κ2) is 13.7. The Labute approximate surface area is 214 Å². The van der Waals surface area contributed by atoms with Gasteiger partial charge in [-0.2, -0.15) is 0 Å². The molecule has 200 valence electrons. The van der Waals surface area contributed by atoms with Gasteiger partial charge in [0.05, 0.1) is 16.2 Å². The highest BCUT2D eigenvalue weighted by molar-refractivity contribution is 6.30. The Hall–Kier alpha value is -1.45. The van der Waals surface area contributed by atoms with Gasteiger partial charge in [0, 0.05) is 58.0 Å². The van der Waals surface area contributed by atoms with Crippen LogP contribution in [-0.2, 0) is 15.1 Å². The number of urea groups is 1. The molecule has 0 aromatic heterocycles. The zero-order valence-electron chi connectivity index (χ0n) is 21.8. The molecular formula is C26H43ClFN3O4. The molecule has 0 saturated carbocycles. The molecule has 0 bridgehead atoms. The largest absolute Gasteiger partial charge is 0.385 e. The number of hydrogen-bond donors (Lipinski definition) is 3. The van der Waals surface area contributed by atoms with Gasteiger partial charge in [0.25, 0.3) is 0 Å². The summed E-state index contributed by atoms with van der Waals surface area (Å²) in [5, 5.41) is 18.2. The monoisotopic (exact) mass is 515 g/mol. The van der Waals surface area contributed by atoms with Crippen molar-refractivity contribution in [3.05, 3.63) is 34.6 Å². The molecule has 1 aliphatic rings. The number of hydrogen-bond acceptors (Lipinski definition) is 5. The first-order valence-electron chi connectivity index (χ1n) is 12.5. The summed E-state index contributed by atoms with van der Waals surface area (Å²) in [5.74, 6) is -0.920. The molecule has 0 spiro atoms. The topological polar surface area (TPSA) is 83.1 Å². The third-order valence-electron chi connectivity index (χ3n) is 7.03. The van der Waals surface area contributed by atoms with Gasteiger partial charge in [-0.15, -0.1) is 0 Å². The van der Waals surface area contributed by atoms with Crippen LogP contribution in [0.4, 0.5) is 9.18 Å². The molecule has 1 aromatic rings. The number of nitrogens with one attached hydrogen (secondary N) is 2. The highest BCUT2D eigenvalue weighted by Crippen LogP contribution is 2.42. The van der Waals surface area contributed by atoms with Crippen molar-refractivity contribution >= 4 is 17.6 Å². The summed E-state index contributed by atoms with van der Waals surface area (Å²) in [5.41, 5.74) is -1.62. The van der Waals surface area contributed by atoms with Crippen LogP contribution in [0.1, 0.15) is 57.9 Å². The van der Waals surface area contributed by atoms with Crippen LogP contribution in [0.25, 0.3) is 0 Å². The number of nitrogens with zero attached hydrogens (tertiary/aromatic N) is 1. The van der Waals surface area contributed by atoms with Crippen LogP contribution in [0.3, 0.4) is 0 Å². The first-order valence-corrected chi connectivity index (χ1v) is 12.9. The van der Waals surface area contributed by atoms with Crippen LogP contribution in [0.5, 0.6) is 0 Å². The maximum absolute atomic E-state index is 15.1. The van der Waals surface area contributed by atoms with E-state index in [1.165, 1.54) is 6.07 Å². The number of likely N-dealkylation sites (tertiary alicyclic amines) is 1. The number of rotatable bonds is 13. The number of amides is 2. The lowest BCUT2D eigenvalue weighted by Crippen LogP contribution is -2.54. The SMILES string of the molecule is CNCC(CC(C)(C)OC)NC(=O)N1CCCC([C@@](O)(CCCCOC)c2cccc(Cl)c2F)C1. The molecule has 2 rings (SSSR count). The van der Waals surface area contributed by atoms with Gasteiger partial charge in [0.2, 0.25) is 0 Å². The quantitative estimate of drug-likeness (QED) is 0.341. The Balaban J connectivity index is 2.21. The molecule has 7 nitrogen and oxygen atoms in total. The van der Waals surface area contributed by atoms with Gasteiger partial charge in [-0.25, -0.2) is 9.18 Å². The Morgan fingerprint density at radius 3 is 2.74 bits per heavy atom. The van der Waals surface area contributed by atoms with Gasteiger partial charge in [-0.05, 0) is 65.5 Å². The molecule has 0 aliphatic carbocycles. The fourth-order valence-corrected chi connectivity index (χ4v) is 5.13. The molecule has 3 N–H and O–H groups in total. The number of halogens is 2. The van der Waals surface area contributed by atoms with Crippen molar-refractivity contribution in [2.45, 2.75) is 69.6 Å². The molecule has 2 amide bonds. The van der Waals surface area contributed by atoms with Gasteiger partial charge in [0.15, 0.2) is 0 Å². The van der Waals surface area contributed by atoms with Crippen LogP contribution in [-0.4, -0.2) is 75.2 Å². The molecule has 1 aromatic carbocycles. The van der Waals surface area contributed by atoms with Crippen LogP contribution in [0, 0.1) is 11.7 Å². The maximum Gasteiger partial charge on any atom is 0.317 e. The average molecular weight is 516 g/mol. The minimum atomic E-state index is -1.44. The lowest BCUT2D eigenvalue weighted by molar-refractivity contribution is -0.0588. The van der Waals surface area contributed by atoms with E-state index in [9.17, 15) is 9.90 Å². The third kappa shape index (κ3) is 8.29. The number of piperidine rings is 1. The van der Waals surface area contributed by atoms with E-state index in [2.05, 4.69) is 10.6 Å². The van der Waals surface area contributed by atoms with Crippen LogP contribution >= 0.6 is 11.6 Å². The lowest BCUT2D eigenvalue weighted by Gasteiger charge is -2.43. The van der Waals surface area contributed by atoms with E-state index in [0.717, 1.165) is 12.8 Å². The molecule has 2 unspecified atom stereocenters. The summed E-state index contributed by atoms with van der Waals surface area (Å²) in [6.07, 6.45) is 3.82. The summed E-state index contributed by atoms with van der Waals surface area (Å²) in [4.78, 5) is 15.0. The van der Waals surface area contributed by atoms with Crippen LogP contribution in [0.15, 0.2) is 18.2 Å². The molecule has 35 heavy (non-hydrogen) atoms. The Morgan fingerprint density at radius 1 is 1.34 bits per heavy atom. The molecule has 3 atom stereocenters. The second-order valence-electron chi connectivity index (χ2n) is 10.1. The van der Waals surface area contributed by atoms with Gasteiger partial charge in [-0.1, -0.05) is 23.7 Å². The van der Waals surface area contributed by atoms with Gasteiger partial charge in [0.1, 0.15) is 5.82 Å². The van der Waals surface area contributed by atoms with Crippen molar-refractivity contribution in [1.29, 1.82) is 0 Å². The first-order chi connectivity index (χ1) is 16.6. The zero-order valence-corrected chi connectivity index (χ0v) is 22.6. The van der Waals surface area contributed by atoms with E-state index in [4.69, 9.17) is 21.1 Å². The Morgan fingerprint density at radius 2 is 2.09 bits per heavy atom. The number of carbonyl (C=O) groups excluding carboxylic acids is 1. The van der Waals surface area contributed by atoms with Crippen LogP contribution < -0.4 is 10.6 Å². The Kier molecular flexibility index (Phi) is 11.7. The molecule has 1 saturated heterocycles. The molecule has 9 heteroatoms. The molecular weight excluding hydrogens is 473 g/mol. The molecule has 1 fully saturated rings. The summed E-state index contributed by atoms with van der Waals surface area (Å²) < 4.78 is 25.8. The molecule has 1 aliphatic heterocycles. The number of unbranched alkanes of at least 4 members (excludes halogenated alkanes) is 1. The number of likely N-dealkylation sites (N-methyl/N-ethyl adjacent to an activating group) is 1. The fraction of sp³-hybridized carbons (Fsp3) is 0.731. The number of aliphatic hydroxyl groups is 1. The highest BCUT2D eigenvalue weighted by Gasteiger charge is 2.43. The number of methoxy groups -OCH3 is 2. The standard InChI is InChI=1S/C26H43ClFN3O4/c1-25(2,35-5)16-20(17-29-3)30-24(32)31-14-9-10-19(18-31)26(33,13-6-7-15-34-4)21-11-8-12-22(27)23(21)28/h8,11-12,19-20,29,33H,6-7,9-10,13-18H2,1-5H3,(H,30,32)/t19?,20?,26-/m0/s1. The lowest BCUT2D eigenvalue weighted by atomic mass is 9.74. The highest BCUT2D eigenvalue weighted by atomic mass is 35.5. The number of ether oxygens (including phenoxy) is 2. The summed E-state index contributed by atoms with van der Waals surface area (Å²) in [6, 6.07) is 4.44. The predicted molar refractivity (Wildman–Crippen MR) is 137 cm³/mol. The number of carbonyl (C=O) groups is 1. The van der Waals surface area contributed by atoms with Crippen molar-refractivity contribution in [3.8, 4) is 0 Å². The van der Waals surface area contributed by atoms with Crippen molar-refractivity contribution in [2.75, 3.05) is 47.5 Å². The third-order valence-corrected chi connectivity index (χ3v) is 7.32. The zero-order chi connectivity index (χ0) is 26.1. The van der Waals surface area contributed by atoms with E-state index in [-0.39, 0.29) is 34.2 Å². The van der Waals surface area contributed by atoms with Gasteiger partial charge in [-0.3, -0.25) is 0 Å². The minimum Gasteiger partial charge on any atom is -0.385 e. The smallest absolute Gasteiger partial charge is 0.317 e. The fourth-order valence-electron chi connectivity index (χ4n) is 4.95. The van der Waals surface area contributed by atoms with Crippen LogP contribution in [0.2, 0.25) is 5.02 Å². The predicted octanol–water partition coefficient (Wildman–Crippen LogP) is 4.31. The van der Waals surface area contributed by atoms with E-state index < -0.39 is 11.4 Å². The van der Waals surface area contributed by atoms with Crippen molar-refractivity contribution in [2.24, 2.45) is 5.92 Å².